The van der Waals surface area contributed by atoms with Crippen molar-refractivity contribution in [2.75, 3.05) is 18.0 Å². The number of anilines is 1. The van der Waals surface area contributed by atoms with Crippen molar-refractivity contribution in [3.8, 4) is 0 Å². The van der Waals surface area contributed by atoms with Crippen molar-refractivity contribution in [3.05, 3.63) is 11.1 Å². The number of aliphatic hydroxyl groups is 1. The number of hydrogen-bond donors (Lipinski definition) is 1. The monoisotopic (exact) mass is 184 g/mol. The fraction of sp³-hybridized carbons (Fsp3) is 0.625. The predicted octanol–water partition coefficient (Wildman–Crippen LogP) is 1.24. The van der Waals surface area contributed by atoms with Gasteiger partial charge in [0.05, 0.1) is 12.3 Å². The zero-order valence-corrected chi connectivity index (χ0v) is 7.68. The highest BCUT2D eigenvalue weighted by Gasteiger charge is 2.14. The van der Waals surface area contributed by atoms with Gasteiger partial charge < -0.3 is 10.0 Å². The van der Waals surface area contributed by atoms with E-state index in [0.29, 0.717) is 0 Å². The molecule has 2 rings (SSSR count). The Hall–Kier alpha value is -0.610. The quantitative estimate of drug-likeness (QED) is 0.751. The Bertz CT molecular complexity index is 255. The molecule has 0 aliphatic carbocycles. The maximum Gasteiger partial charge on any atom is 0.185 e. The van der Waals surface area contributed by atoms with Crippen molar-refractivity contribution >= 4 is 16.5 Å². The second-order valence-electron chi connectivity index (χ2n) is 2.97. The van der Waals surface area contributed by atoms with Crippen molar-refractivity contribution < 1.29 is 5.11 Å². The first-order valence-electron chi connectivity index (χ1n) is 4.20. The molecule has 1 saturated heterocycles. The number of nitrogens with zero attached hydrogens (tertiary/aromatic N) is 2. The van der Waals surface area contributed by atoms with Gasteiger partial charge in [0.2, 0.25) is 0 Å². The molecule has 0 saturated carbocycles. The molecule has 1 aliphatic rings. The normalized spacial score (nSPS) is 17.2. The molecule has 0 spiro atoms. The summed E-state index contributed by atoms with van der Waals surface area (Å²) >= 11 is 1.63. The summed E-state index contributed by atoms with van der Waals surface area (Å²) in [5.74, 6) is 0. The standard InChI is InChI=1S/C8H12N2OS/c11-5-7-6-12-8(9-7)10-3-1-2-4-10/h6,11H,1-5H2. The second-order valence-corrected chi connectivity index (χ2v) is 3.81. The zero-order chi connectivity index (χ0) is 8.39. The first-order chi connectivity index (χ1) is 5.90. The third-order valence-corrected chi connectivity index (χ3v) is 3.03. The van der Waals surface area contributed by atoms with E-state index in [1.165, 1.54) is 12.8 Å². The Balaban J connectivity index is 2.11. The number of aliphatic hydroxyl groups excluding tert-OH is 1. The van der Waals surface area contributed by atoms with Crippen LogP contribution in [-0.4, -0.2) is 23.2 Å². The van der Waals surface area contributed by atoms with Gasteiger partial charge in [-0.05, 0) is 12.8 Å². The smallest absolute Gasteiger partial charge is 0.185 e. The molecule has 3 nitrogen and oxygen atoms in total. The molecule has 0 unspecified atom stereocenters. The summed E-state index contributed by atoms with van der Waals surface area (Å²) in [6.07, 6.45) is 2.54. The van der Waals surface area contributed by atoms with Gasteiger partial charge in [-0.2, -0.15) is 0 Å². The lowest BCUT2D eigenvalue weighted by Crippen LogP contribution is -2.17. The van der Waals surface area contributed by atoms with Crippen LogP contribution >= 0.6 is 11.3 Å². The van der Waals surface area contributed by atoms with E-state index < -0.39 is 0 Å². The molecule has 1 aromatic rings. The second kappa shape index (κ2) is 3.41. The van der Waals surface area contributed by atoms with Crippen molar-refractivity contribution in [3.63, 3.8) is 0 Å². The van der Waals surface area contributed by atoms with Crippen molar-refractivity contribution in [2.24, 2.45) is 0 Å². The van der Waals surface area contributed by atoms with Gasteiger partial charge >= 0.3 is 0 Å². The minimum atomic E-state index is 0.0599. The van der Waals surface area contributed by atoms with Crippen molar-refractivity contribution in [1.29, 1.82) is 0 Å². The lowest BCUT2D eigenvalue weighted by Gasteiger charge is -2.11. The zero-order valence-electron chi connectivity index (χ0n) is 6.86. The molecular formula is C8H12N2OS. The fourth-order valence-corrected chi connectivity index (χ4v) is 2.29. The highest BCUT2D eigenvalue weighted by Crippen LogP contribution is 2.23. The molecule has 1 fully saturated rings. The minimum absolute atomic E-state index is 0.0599. The van der Waals surface area contributed by atoms with Crippen LogP contribution in [0.25, 0.3) is 0 Å². The summed E-state index contributed by atoms with van der Waals surface area (Å²) in [5.41, 5.74) is 0.793. The molecule has 2 heterocycles. The van der Waals surface area contributed by atoms with Crippen LogP contribution in [0.4, 0.5) is 5.13 Å². The van der Waals surface area contributed by atoms with Crippen LogP contribution in [0.2, 0.25) is 0 Å². The summed E-state index contributed by atoms with van der Waals surface area (Å²) in [6, 6.07) is 0. The molecule has 66 valence electrons. The van der Waals surface area contributed by atoms with Crippen molar-refractivity contribution in [2.45, 2.75) is 19.4 Å². The van der Waals surface area contributed by atoms with Gasteiger partial charge in [-0.1, -0.05) is 0 Å². The topological polar surface area (TPSA) is 36.4 Å². The molecule has 1 N–H and O–H groups in total. The first-order valence-corrected chi connectivity index (χ1v) is 5.08. The van der Waals surface area contributed by atoms with E-state index in [1.807, 2.05) is 5.38 Å². The minimum Gasteiger partial charge on any atom is -0.390 e. The average Bonchev–Trinajstić information content (AvgIpc) is 2.75. The molecule has 1 aliphatic heterocycles. The largest absolute Gasteiger partial charge is 0.390 e. The van der Waals surface area contributed by atoms with E-state index in [1.54, 1.807) is 11.3 Å². The Morgan fingerprint density at radius 3 is 2.83 bits per heavy atom. The first kappa shape index (κ1) is 8.01. The van der Waals surface area contributed by atoms with E-state index in [-0.39, 0.29) is 6.61 Å². The SMILES string of the molecule is OCc1csc(N2CCCC2)n1. The van der Waals surface area contributed by atoms with E-state index in [0.717, 1.165) is 23.9 Å². The Kier molecular flexibility index (Phi) is 2.28. The van der Waals surface area contributed by atoms with Crippen molar-refractivity contribution in [1.82, 2.24) is 4.98 Å². The van der Waals surface area contributed by atoms with E-state index in [2.05, 4.69) is 9.88 Å². The van der Waals surface area contributed by atoms with Gasteiger partial charge in [0.25, 0.3) is 0 Å². The molecule has 1 aromatic heterocycles. The van der Waals surface area contributed by atoms with Crippen LogP contribution in [0, 0.1) is 0 Å². The van der Waals surface area contributed by atoms with Crippen LogP contribution in [-0.2, 0) is 6.61 Å². The van der Waals surface area contributed by atoms with E-state index in [4.69, 9.17) is 5.11 Å². The Morgan fingerprint density at radius 2 is 2.25 bits per heavy atom. The summed E-state index contributed by atoms with van der Waals surface area (Å²) in [4.78, 5) is 6.59. The summed E-state index contributed by atoms with van der Waals surface area (Å²) < 4.78 is 0. The number of hydrogen-bond acceptors (Lipinski definition) is 4. The van der Waals surface area contributed by atoms with Gasteiger partial charge in [0, 0.05) is 18.5 Å². The Labute approximate surface area is 75.7 Å². The Morgan fingerprint density at radius 1 is 1.50 bits per heavy atom. The van der Waals surface area contributed by atoms with E-state index in [9.17, 15) is 0 Å². The van der Waals surface area contributed by atoms with Crippen LogP contribution in [0.15, 0.2) is 5.38 Å². The van der Waals surface area contributed by atoms with Crippen LogP contribution in [0.5, 0.6) is 0 Å². The van der Waals surface area contributed by atoms with Gasteiger partial charge in [0.15, 0.2) is 5.13 Å². The predicted molar refractivity (Wildman–Crippen MR) is 49.5 cm³/mol. The van der Waals surface area contributed by atoms with E-state index >= 15 is 0 Å². The van der Waals surface area contributed by atoms with Gasteiger partial charge in [-0.15, -0.1) is 11.3 Å². The number of aromatic nitrogens is 1. The number of rotatable bonds is 2. The summed E-state index contributed by atoms with van der Waals surface area (Å²) in [7, 11) is 0. The number of thiazole rings is 1. The molecule has 0 bridgehead atoms. The summed E-state index contributed by atoms with van der Waals surface area (Å²) in [5, 5.41) is 11.8. The molecule has 4 heteroatoms. The molecule has 0 aromatic carbocycles. The van der Waals surface area contributed by atoms with Gasteiger partial charge in [-0.3, -0.25) is 0 Å². The average molecular weight is 184 g/mol. The maximum atomic E-state index is 8.82. The third kappa shape index (κ3) is 1.44. The fourth-order valence-electron chi connectivity index (χ4n) is 1.42. The van der Waals surface area contributed by atoms with Crippen LogP contribution in [0.3, 0.4) is 0 Å². The van der Waals surface area contributed by atoms with Crippen LogP contribution in [0.1, 0.15) is 18.5 Å². The lowest BCUT2D eigenvalue weighted by atomic mass is 10.4. The van der Waals surface area contributed by atoms with Crippen LogP contribution < -0.4 is 4.90 Å². The molecular weight excluding hydrogens is 172 g/mol. The molecule has 0 amide bonds. The molecule has 0 radical (unpaired) electrons. The van der Waals surface area contributed by atoms with Gasteiger partial charge in [-0.25, -0.2) is 4.98 Å². The molecule has 12 heavy (non-hydrogen) atoms. The summed E-state index contributed by atoms with van der Waals surface area (Å²) in [6.45, 7) is 2.31. The van der Waals surface area contributed by atoms with Gasteiger partial charge in [0.1, 0.15) is 0 Å². The third-order valence-electron chi connectivity index (χ3n) is 2.08. The maximum absolute atomic E-state index is 8.82. The molecule has 0 atom stereocenters. The lowest BCUT2D eigenvalue weighted by molar-refractivity contribution is 0.277. The highest BCUT2D eigenvalue weighted by molar-refractivity contribution is 7.13. The highest BCUT2D eigenvalue weighted by atomic mass is 32.1.